The molecule has 2 aliphatic heterocycles. The van der Waals surface area contributed by atoms with Gasteiger partial charge in [-0.25, -0.2) is 0 Å². The lowest BCUT2D eigenvalue weighted by molar-refractivity contribution is -0.125. The second-order valence-electron chi connectivity index (χ2n) is 6.81. The number of amides is 3. The molecule has 0 aliphatic carbocycles. The van der Waals surface area contributed by atoms with Gasteiger partial charge in [0.05, 0.1) is 7.11 Å². The van der Waals surface area contributed by atoms with Crippen molar-refractivity contribution in [2.75, 3.05) is 46.4 Å². The van der Waals surface area contributed by atoms with Gasteiger partial charge >= 0.3 is 0 Å². The van der Waals surface area contributed by atoms with E-state index in [2.05, 4.69) is 20.6 Å². The van der Waals surface area contributed by atoms with E-state index in [9.17, 15) is 14.4 Å². The molecule has 3 amide bonds. The summed E-state index contributed by atoms with van der Waals surface area (Å²) < 4.78 is 6.73. The van der Waals surface area contributed by atoms with Crippen molar-refractivity contribution in [3.05, 3.63) is 11.8 Å². The number of carbonyl (C=O) groups is 3. The second-order valence-corrected chi connectivity index (χ2v) is 6.81. The van der Waals surface area contributed by atoms with E-state index < -0.39 is 6.04 Å². The number of hydrogen-bond donors (Lipinski definition) is 2. The number of rotatable bonds is 6. The Bertz CT molecular complexity index is 710. The predicted octanol–water partition coefficient (Wildman–Crippen LogP) is -1.42. The minimum absolute atomic E-state index is 0.0683. The van der Waals surface area contributed by atoms with Crippen LogP contribution in [-0.2, 0) is 16.6 Å². The molecular weight excluding hydrogens is 352 g/mol. The molecule has 1 aromatic rings. The number of aryl methyl sites for hydroxylation is 1. The van der Waals surface area contributed by atoms with E-state index in [0.717, 1.165) is 13.1 Å². The molecule has 1 aromatic heterocycles. The van der Waals surface area contributed by atoms with Crippen LogP contribution in [0.2, 0.25) is 0 Å². The van der Waals surface area contributed by atoms with Gasteiger partial charge < -0.3 is 20.3 Å². The average Bonchev–Trinajstić information content (AvgIpc) is 3.27. The fourth-order valence-corrected chi connectivity index (χ4v) is 3.38. The fraction of sp³-hybridized carbons (Fsp3) is 0.647. The monoisotopic (exact) mass is 378 g/mol. The molecule has 3 rings (SSSR count). The van der Waals surface area contributed by atoms with Crippen molar-refractivity contribution in [1.29, 1.82) is 0 Å². The van der Waals surface area contributed by atoms with Crippen molar-refractivity contribution in [2.45, 2.75) is 18.9 Å². The Morgan fingerprint density at radius 3 is 2.70 bits per heavy atom. The van der Waals surface area contributed by atoms with Crippen LogP contribution in [-0.4, -0.2) is 89.7 Å². The lowest BCUT2D eigenvalue weighted by Gasteiger charge is -2.34. The van der Waals surface area contributed by atoms with Crippen LogP contribution in [0.5, 0.6) is 5.88 Å². The standard InChI is InChI=1S/C17H26N6O4/c1-21-11-12(16(20-21)27-2)17(26)23-9-7-22(8-10-23)6-5-18-15(25)13-3-4-14(24)19-13/h11,13H,3-10H2,1-2H3,(H,18,25)(H,19,24). The molecule has 1 atom stereocenters. The highest BCUT2D eigenvalue weighted by molar-refractivity contribution is 5.96. The van der Waals surface area contributed by atoms with Crippen molar-refractivity contribution >= 4 is 17.7 Å². The normalized spacial score (nSPS) is 20.4. The average molecular weight is 378 g/mol. The second kappa shape index (κ2) is 8.38. The van der Waals surface area contributed by atoms with Crippen LogP contribution in [0.4, 0.5) is 0 Å². The summed E-state index contributed by atoms with van der Waals surface area (Å²) in [5.74, 6) is 0.0658. The summed E-state index contributed by atoms with van der Waals surface area (Å²) in [5.41, 5.74) is 0.472. The van der Waals surface area contributed by atoms with E-state index in [-0.39, 0.29) is 17.7 Å². The number of hydrogen-bond acceptors (Lipinski definition) is 6. The number of aromatic nitrogens is 2. The molecular formula is C17H26N6O4. The maximum Gasteiger partial charge on any atom is 0.261 e. The van der Waals surface area contributed by atoms with Crippen molar-refractivity contribution in [3.8, 4) is 5.88 Å². The summed E-state index contributed by atoms with van der Waals surface area (Å²) in [7, 11) is 3.25. The maximum absolute atomic E-state index is 12.7. The summed E-state index contributed by atoms with van der Waals surface area (Å²) in [6.45, 7) is 3.95. The van der Waals surface area contributed by atoms with Gasteiger partial charge in [-0.2, -0.15) is 0 Å². The van der Waals surface area contributed by atoms with Crippen LogP contribution in [0.25, 0.3) is 0 Å². The molecule has 2 fully saturated rings. The zero-order chi connectivity index (χ0) is 19.4. The van der Waals surface area contributed by atoms with Gasteiger partial charge in [0.15, 0.2) is 0 Å². The first-order chi connectivity index (χ1) is 13.0. The van der Waals surface area contributed by atoms with Gasteiger partial charge in [-0.15, -0.1) is 5.10 Å². The molecule has 3 heterocycles. The molecule has 148 valence electrons. The van der Waals surface area contributed by atoms with Gasteiger partial charge in [-0.05, 0) is 6.42 Å². The Hall–Kier alpha value is -2.62. The number of piperazine rings is 1. The number of nitrogens with zero attached hydrogens (tertiary/aromatic N) is 4. The topological polar surface area (TPSA) is 109 Å². The molecule has 2 saturated heterocycles. The van der Waals surface area contributed by atoms with Gasteiger partial charge in [-0.3, -0.25) is 24.0 Å². The van der Waals surface area contributed by atoms with E-state index in [4.69, 9.17) is 4.74 Å². The first kappa shape index (κ1) is 19.2. The first-order valence-corrected chi connectivity index (χ1v) is 9.14. The highest BCUT2D eigenvalue weighted by Gasteiger charge is 2.28. The third-order valence-electron chi connectivity index (χ3n) is 4.92. The summed E-state index contributed by atoms with van der Waals surface area (Å²) in [4.78, 5) is 39.8. The third-order valence-corrected chi connectivity index (χ3v) is 4.92. The zero-order valence-electron chi connectivity index (χ0n) is 15.7. The van der Waals surface area contributed by atoms with Crippen LogP contribution in [0, 0.1) is 0 Å². The van der Waals surface area contributed by atoms with E-state index in [1.165, 1.54) is 7.11 Å². The van der Waals surface area contributed by atoms with Crippen molar-refractivity contribution in [1.82, 2.24) is 30.2 Å². The smallest absolute Gasteiger partial charge is 0.261 e. The van der Waals surface area contributed by atoms with E-state index in [1.54, 1.807) is 22.8 Å². The predicted molar refractivity (Wildman–Crippen MR) is 96.3 cm³/mol. The molecule has 2 aliphatic rings. The largest absolute Gasteiger partial charge is 0.479 e. The maximum atomic E-state index is 12.7. The van der Waals surface area contributed by atoms with Crippen molar-refractivity contribution < 1.29 is 19.1 Å². The minimum atomic E-state index is -0.401. The highest BCUT2D eigenvalue weighted by atomic mass is 16.5. The molecule has 10 nitrogen and oxygen atoms in total. The molecule has 0 spiro atoms. The Morgan fingerprint density at radius 1 is 1.33 bits per heavy atom. The van der Waals surface area contributed by atoms with Crippen LogP contribution in [0.3, 0.4) is 0 Å². The van der Waals surface area contributed by atoms with Crippen LogP contribution in [0.1, 0.15) is 23.2 Å². The Balaban J connectivity index is 1.40. The van der Waals surface area contributed by atoms with Crippen LogP contribution < -0.4 is 15.4 Å². The molecule has 2 N–H and O–H groups in total. The van der Waals surface area contributed by atoms with Gasteiger partial charge in [0, 0.05) is 58.9 Å². The summed E-state index contributed by atoms with van der Waals surface area (Å²) in [6, 6.07) is -0.401. The van der Waals surface area contributed by atoms with Gasteiger partial charge in [-0.1, -0.05) is 0 Å². The minimum Gasteiger partial charge on any atom is -0.479 e. The molecule has 1 unspecified atom stereocenters. The van der Waals surface area contributed by atoms with Crippen LogP contribution in [0.15, 0.2) is 6.20 Å². The van der Waals surface area contributed by atoms with E-state index in [1.807, 2.05) is 0 Å². The van der Waals surface area contributed by atoms with Gasteiger partial charge in [0.25, 0.3) is 5.91 Å². The fourth-order valence-electron chi connectivity index (χ4n) is 3.38. The SMILES string of the molecule is COc1nn(C)cc1C(=O)N1CCN(CCNC(=O)C2CCC(=O)N2)CC1. The quantitative estimate of drug-likeness (QED) is 0.629. The van der Waals surface area contributed by atoms with Crippen molar-refractivity contribution in [3.63, 3.8) is 0 Å². The summed E-state index contributed by atoms with van der Waals surface area (Å²) in [6.07, 6.45) is 2.64. The number of nitrogens with one attached hydrogen (secondary N) is 2. The molecule has 0 radical (unpaired) electrons. The first-order valence-electron chi connectivity index (χ1n) is 9.14. The third kappa shape index (κ3) is 4.57. The molecule has 0 saturated carbocycles. The lowest BCUT2D eigenvalue weighted by Crippen LogP contribution is -2.51. The van der Waals surface area contributed by atoms with Crippen LogP contribution >= 0.6 is 0 Å². The van der Waals surface area contributed by atoms with E-state index in [0.29, 0.717) is 50.5 Å². The number of ether oxygens (including phenoxy) is 1. The lowest BCUT2D eigenvalue weighted by atomic mass is 10.2. The summed E-state index contributed by atoms with van der Waals surface area (Å²) in [5, 5.41) is 9.65. The molecule has 27 heavy (non-hydrogen) atoms. The number of methoxy groups -OCH3 is 1. The Morgan fingerprint density at radius 2 is 2.07 bits per heavy atom. The highest BCUT2D eigenvalue weighted by Crippen LogP contribution is 2.18. The molecule has 10 heteroatoms. The Kier molecular flexibility index (Phi) is 5.94. The molecule has 0 bridgehead atoms. The van der Waals surface area contributed by atoms with Gasteiger partial charge in [0.1, 0.15) is 11.6 Å². The Labute approximate surface area is 157 Å². The zero-order valence-corrected chi connectivity index (χ0v) is 15.7. The number of carbonyl (C=O) groups excluding carboxylic acids is 3. The van der Waals surface area contributed by atoms with Crippen molar-refractivity contribution in [2.24, 2.45) is 7.05 Å². The summed E-state index contributed by atoms with van der Waals surface area (Å²) >= 11 is 0. The molecule has 0 aromatic carbocycles. The van der Waals surface area contributed by atoms with Gasteiger partial charge in [0.2, 0.25) is 17.7 Å². The van der Waals surface area contributed by atoms with E-state index >= 15 is 0 Å².